The zero-order chi connectivity index (χ0) is 17.0. The average molecular weight is 336 g/mol. The number of aliphatic hydroxyl groups is 1. The van der Waals surface area contributed by atoms with Crippen molar-refractivity contribution >= 4 is 6.03 Å². The molecule has 0 aromatic rings. The van der Waals surface area contributed by atoms with E-state index in [-0.39, 0.29) is 36.9 Å². The first-order chi connectivity index (χ1) is 10.8. The number of nitrogens with one attached hydrogen (secondary N) is 1. The number of rotatable bonds is 3. The summed E-state index contributed by atoms with van der Waals surface area (Å²) >= 11 is 0. The molecule has 23 heavy (non-hydrogen) atoms. The van der Waals surface area contributed by atoms with Crippen molar-refractivity contribution in [3.05, 3.63) is 0 Å². The molecule has 0 bridgehead atoms. The number of carbonyl (C=O) groups excluding carboxylic acids is 1. The van der Waals surface area contributed by atoms with E-state index in [0.29, 0.717) is 19.4 Å². The molecule has 2 atom stereocenters. The van der Waals surface area contributed by atoms with E-state index in [1.807, 2.05) is 0 Å². The quantitative estimate of drug-likeness (QED) is 0.831. The molecule has 2 rings (SSSR count). The van der Waals surface area contributed by atoms with Gasteiger partial charge in [-0.05, 0) is 38.5 Å². The van der Waals surface area contributed by atoms with Crippen molar-refractivity contribution in [3.63, 3.8) is 0 Å². The number of hydrogen-bond donors (Lipinski definition) is 2. The molecule has 0 aromatic carbocycles. The van der Waals surface area contributed by atoms with E-state index < -0.39 is 12.1 Å². The average Bonchev–Trinajstić information content (AvgIpc) is 2.49. The molecule has 4 nitrogen and oxygen atoms in total. The Labute approximate surface area is 135 Å². The van der Waals surface area contributed by atoms with Crippen LogP contribution < -0.4 is 5.32 Å². The zero-order valence-corrected chi connectivity index (χ0v) is 13.6. The maximum Gasteiger partial charge on any atom is 0.391 e. The number of hydrogen-bond acceptors (Lipinski definition) is 2. The fraction of sp³-hybridized carbons (Fsp3) is 0.938. The fourth-order valence-electron chi connectivity index (χ4n) is 3.69. The summed E-state index contributed by atoms with van der Waals surface area (Å²) in [5, 5.41) is 12.8. The van der Waals surface area contributed by atoms with Gasteiger partial charge in [0, 0.05) is 25.6 Å². The first kappa shape index (κ1) is 18.4. The minimum absolute atomic E-state index is 0.0828. The first-order valence-electron chi connectivity index (χ1n) is 8.53. The maximum absolute atomic E-state index is 12.6. The normalized spacial score (nSPS) is 32.4. The standard InChI is InChI=1S/C16H27F3N2O2/c1-21(10-11-4-2-3-5-14(11)22)15(23)20-13-8-6-12(7-9-13)16(17,18)19/h11-14,22H,2-10H2,1H3,(H,20,23). The number of amides is 2. The van der Waals surface area contributed by atoms with E-state index in [9.17, 15) is 23.1 Å². The van der Waals surface area contributed by atoms with Crippen molar-refractivity contribution < 1.29 is 23.1 Å². The minimum Gasteiger partial charge on any atom is -0.393 e. The van der Waals surface area contributed by atoms with Crippen LogP contribution in [0.15, 0.2) is 0 Å². The summed E-state index contributed by atoms with van der Waals surface area (Å²) in [5.41, 5.74) is 0. The van der Waals surface area contributed by atoms with Gasteiger partial charge in [0.25, 0.3) is 0 Å². The van der Waals surface area contributed by atoms with Crippen molar-refractivity contribution in [1.29, 1.82) is 0 Å². The molecule has 2 saturated carbocycles. The molecule has 0 heterocycles. The highest BCUT2D eigenvalue weighted by Gasteiger charge is 2.41. The van der Waals surface area contributed by atoms with Gasteiger partial charge in [-0.2, -0.15) is 13.2 Å². The Balaban J connectivity index is 1.74. The zero-order valence-electron chi connectivity index (χ0n) is 13.6. The first-order valence-corrected chi connectivity index (χ1v) is 8.53. The van der Waals surface area contributed by atoms with E-state index in [2.05, 4.69) is 5.32 Å². The minimum atomic E-state index is -4.12. The second-order valence-electron chi connectivity index (χ2n) is 7.03. The summed E-state index contributed by atoms with van der Waals surface area (Å²) in [4.78, 5) is 13.7. The predicted molar refractivity (Wildman–Crippen MR) is 80.9 cm³/mol. The van der Waals surface area contributed by atoms with Gasteiger partial charge in [0.2, 0.25) is 0 Å². The molecule has 0 aliphatic heterocycles. The van der Waals surface area contributed by atoms with E-state index >= 15 is 0 Å². The summed E-state index contributed by atoms with van der Waals surface area (Å²) in [7, 11) is 1.68. The summed E-state index contributed by atoms with van der Waals surface area (Å²) < 4.78 is 37.9. The van der Waals surface area contributed by atoms with Gasteiger partial charge in [-0.1, -0.05) is 12.8 Å². The van der Waals surface area contributed by atoms with Crippen LogP contribution in [-0.4, -0.2) is 48.0 Å². The molecular formula is C16H27F3N2O2. The molecule has 0 spiro atoms. The smallest absolute Gasteiger partial charge is 0.391 e. The van der Waals surface area contributed by atoms with Crippen LogP contribution in [0.1, 0.15) is 51.4 Å². The van der Waals surface area contributed by atoms with Crippen LogP contribution in [0.2, 0.25) is 0 Å². The SMILES string of the molecule is CN(CC1CCCCC1O)C(=O)NC1CCC(C(F)(F)F)CC1. The van der Waals surface area contributed by atoms with E-state index in [1.54, 1.807) is 11.9 Å². The summed E-state index contributed by atoms with van der Waals surface area (Å²) in [5.74, 6) is -1.13. The Bertz CT molecular complexity index is 395. The molecule has 0 aromatic heterocycles. The molecule has 2 fully saturated rings. The predicted octanol–water partition coefficient (Wildman–Crippen LogP) is 3.30. The molecule has 0 radical (unpaired) electrons. The fourth-order valence-corrected chi connectivity index (χ4v) is 3.69. The Morgan fingerprint density at radius 1 is 1.13 bits per heavy atom. The molecule has 0 saturated heterocycles. The summed E-state index contributed by atoms with van der Waals surface area (Å²) in [6.45, 7) is 0.491. The monoisotopic (exact) mass is 336 g/mol. The molecule has 2 unspecified atom stereocenters. The van der Waals surface area contributed by atoms with Gasteiger partial charge in [0.05, 0.1) is 12.0 Å². The van der Waals surface area contributed by atoms with Crippen LogP contribution in [0.3, 0.4) is 0 Å². The highest BCUT2D eigenvalue weighted by Crippen LogP contribution is 2.37. The molecule has 2 amide bonds. The summed E-state index contributed by atoms with van der Waals surface area (Å²) in [6.07, 6.45) is 0.209. The second kappa shape index (κ2) is 7.73. The van der Waals surface area contributed by atoms with Gasteiger partial charge < -0.3 is 15.3 Å². The van der Waals surface area contributed by atoms with Crippen LogP contribution in [0.5, 0.6) is 0 Å². The number of alkyl halides is 3. The van der Waals surface area contributed by atoms with E-state index in [0.717, 1.165) is 25.7 Å². The third-order valence-electron chi connectivity index (χ3n) is 5.24. The van der Waals surface area contributed by atoms with Gasteiger partial charge in [-0.25, -0.2) is 4.79 Å². The lowest BCUT2D eigenvalue weighted by Crippen LogP contribution is -2.47. The Kier molecular flexibility index (Phi) is 6.17. The largest absolute Gasteiger partial charge is 0.393 e. The van der Waals surface area contributed by atoms with Crippen molar-refractivity contribution in [2.45, 2.75) is 69.7 Å². The van der Waals surface area contributed by atoms with E-state index in [4.69, 9.17) is 0 Å². The Morgan fingerprint density at radius 2 is 1.74 bits per heavy atom. The lowest BCUT2D eigenvalue weighted by Gasteiger charge is -2.34. The van der Waals surface area contributed by atoms with Gasteiger partial charge in [0.15, 0.2) is 0 Å². The van der Waals surface area contributed by atoms with Crippen molar-refractivity contribution in [2.75, 3.05) is 13.6 Å². The Hall–Kier alpha value is -0.980. The molecular weight excluding hydrogens is 309 g/mol. The Morgan fingerprint density at radius 3 is 2.30 bits per heavy atom. The van der Waals surface area contributed by atoms with Gasteiger partial charge in [-0.15, -0.1) is 0 Å². The van der Waals surface area contributed by atoms with E-state index in [1.165, 1.54) is 0 Å². The van der Waals surface area contributed by atoms with Crippen molar-refractivity contribution in [2.24, 2.45) is 11.8 Å². The number of nitrogens with zero attached hydrogens (tertiary/aromatic N) is 1. The number of aliphatic hydroxyl groups excluding tert-OH is 1. The molecule has 2 N–H and O–H groups in total. The summed E-state index contributed by atoms with van der Waals surface area (Å²) in [6, 6.07) is -0.432. The lowest BCUT2D eigenvalue weighted by molar-refractivity contribution is -0.182. The van der Waals surface area contributed by atoms with Crippen LogP contribution in [0, 0.1) is 11.8 Å². The number of urea groups is 1. The number of halogens is 3. The third-order valence-corrected chi connectivity index (χ3v) is 5.24. The molecule has 7 heteroatoms. The van der Waals surface area contributed by atoms with Gasteiger partial charge >= 0.3 is 12.2 Å². The van der Waals surface area contributed by atoms with Crippen LogP contribution in [0.4, 0.5) is 18.0 Å². The molecule has 134 valence electrons. The van der Waals surface area contributed by atoms with Crippen molar-refractivity contribution in [1.82, 2.24) is 10.2 Å². The topological polar surface area (TPSA) is 52.6 Å². The number of carbonyl (C=O) groups is 1. The van der Waals surface area contributed by atoms with Crippen LogP contribution >= 0.6 is 0 Å². The highest BCUT2D eigenvalue weighted by molar-refractivity contribution is 5.74. The second-order valence-corrected chi connectivity index (χ2v) is 7.03. The van der Waals surface area contributed by atoms with Gasteiger partial charge in [-0.3, -0.25) is 0 Å². The third kappa shape index (κ3) is 5.26. The van der Waals surface area contributed by atoms with Crippen LogP contribution in [0.25, 0.3) is 0 Å². The maximum atomic E-state index is 12.6. The van der Waals surface area contributed by atoms with Gasteiger partial charge in [0.1, 0.15) is 0 Å². The van der Waals surface area contributed by atoms with Crippen LogP contribution in [-0.2, 0) is 0 Å². The lowest BCUT2D eigenvalue weighted by atomic mass is 9.85. The molecule has 2 aliphatic rings. The highest BCUT2D eigenvalue weighted by atomic mass is 19.4. The van der Waals surface area contributed by atoms with Crippen molar-refractivity contribution in [3.8, 4) is 0 Å². The molecule has 2 aliphatic carbocycles.